The van der Waals surface area contributed by atoms with Crippen molar-refractivity contribution in [1.82, 2.24) is 5.32 Å². The van der Waals surface area contributed by atoms with E-state index in [0.29, 0.717) is 12.6 Å². The highest BCUT2D eigenvalue weighted by atomic mass is 19.1. The summed E-state index contributed by atoms with van der Waals surface area (Å²) in [5.41, 5.74) is 0.910. The summed E-state index contributed by atoms with van der Waals surface area (Å²) < 4.78 is 18.8. The van der Waals surface area contributed by atoms with E-state index in [2.05, 4.69) is 19.2 Å². The first-order chi connectivity index (χ1) is 12.0. The van der Waals surface area contributed by atoms with Crippen molar-refractivity contribution < 1.29 is 23.7 Å². The summed E-state index contributed by atoms with van der Waals surface area (Å²) in [6.07, 6.45) is 1.95. The Morgan fingerprint density at radius 3 is 2.44 bits per heavy atom. The molecule has 5 nitrogen and oxygen atoms in total. The predicted octanol–water partition coefficient (Wildman–Crippen LogP) is -0.577. The predicted molar refractivity (Wildman–Crippen MR) is 95.4 cm³/mol. The van der Waals surface area contributed by atoms with E-state index in [1.807, 2.05) is 0 Å². The molecule has 0 saturated carbocycles. The van der Waals surface area contributed by atoms with E-state index in [0.717, 1.165) is 56.9 Å². The number of ether oxygens (including phenoxy) is 1. The first-order valence-corrected chi connectivity index (χ1v) is 9.34. The van der Waals surface area contributed by atoms with Gasteiger partial charge >= 0.3 is 0 Å². The molecular weight excluding hydrogens is 321 g/mol. The molecule has 1 aromatic carbocycles. The Hall–Kier alpha value is -1.66. The Labute approximate surface area is 150 Å². The summed E-state index contributed by atoms with van der Waals surface area (Å²) in [6.45, 7) is 9.39. The molecule has 3 N–H and O–H groups in total. The lowest BCUT2D eigenvalue weighted by Crippen LogP contribution is -3.28. The fourth-order valence-corrected chi connectivity index (χ4v) is 3.46. The molecule has 1 aliphatic rings. The van der Waals surface area contributed by atoms with Crippen molar-refractivity contribution in [1.29, 1.82) is 0 Å². The number of nitrogens with one attached hydrogen (secondary N) is 3. The molecule has 1 saturated heterocycles. The van der Waals surface area contributed by atoms with Gasteiger partial charge in [0.1, 0.15) is 44.3 Å². The van der Waals surface area contributed by atoms with Crippen molar-refractivity contribution in [2.24, 2.45) is 0 Å². The molecule has 1 fully saturated rings. The van der Waals surface area contributed by atoms with Gasteiger partial charge in [-0.05, 0) is 31.0 Å². The summed E-state index contributed by atoms with van der Waals surface area (Å²) in [5, 5.41) is 3.11. The van der Waals surface area contributed by atoms with E-state index in [-0.39, 0.29) is 11.7 Å². The quantitative estimate of drug-likeness (QED) is 0.586. The second kappa shape index (κ2) is 9.73. The Kier molecular flexibility index (Phi) is 7.65. The molecule has 1 aliphatic heterocycles. The molecule has 1 heterocycles. The Morgan fingerprint density at radius 2 is 1.84 bits per heavy atom. The van der Waals surface area contributed by atoms with E-state index < -0.39 is 0 Å². The van der Waals surface area contributed by atoms with Crippen LogP contribution in [-0.4, -0.2) is 51.8 Å². The third-order valence-electron chi connectivity index (χ3n) is 5.11. The second-order valence-corrected chi connectivity index (χ2v) is 6.89. The van der Waals surface area contributed by atoms with Gasteiger partial charge in [-0.3, -0.25) is 4.79 Å². The zero-order chi connectivity index (χ0) is 18.2. The van der Waals surface area contributed by atoms with Crippen molar-refractivity contribution in [2.75, 3.05) is 39.8 Å². The number of rotatable bonds is 8. The molecule has 140 valence electrons. The third-order valence-corrected chi connectivity index (χ3v) is 5.11. The monoisotopic (exact) mass is 353 g/mol. The smallest absolute Gasteiger partial charge is 0.275 e. The summed E-state index contributed by atoms with van der Waals surface area (Å²) in [6, 6.07) is 4.97. The van der Waals surface area contributed by atoms with Gasteiger partial charge in [-0.2, -0.15) is 0 Å². The molecule has 0 radical (unpaired) electrons. The Balaban J connectivity index is 1.80. The number of amides is 1. The van der Waals surface area contributed by atoms with Crippen LogP contribution in [0.25, 0.3) is 0 Å². The number of halogens is 1. The van der Waals surface area contributed by atoms with Crippen molar-refractivity contribution >= 4 is 5.91 Å². The van der Waals surface area contributed by atoms with Crippen LogP contribution in [0.15, 0.2) is 18.2 Å². The van der Waals surface area contributed by atoms with E-state index in [1.165, 1.54) is 15.9 Å². The maximum Gasteiger partial charge on any atom is 0.275 e. The molecule has 0 aliphatic carbocycles. The van der Waals surface area contributed by atoms with Crippen LogP contribution in [0.2, 0.25) is 0 Å². The van der Waals surface area contributed by atoms with Crippen LogP contribution in [0.4, 0.5) is 4.39 Å². The minimum absolute atomic E-state index is 0.152. The minimum Gasteiger partial charge on any atom is -0.496 e. The van der Waals surface area contributed by atoms with Crippen molar-refractivity contribution in [3.8, 4) is 5.75 Å². The number of methoxy groups -OCH3 is 1. The Morgan fingerprint density at radius 1 is 1.20 bits per heavy atom. The van der Waals surface area contributed by atoms with Crippen LogP contribution < -0.4 is 19.9 Å². The van der Waals surface area contributed by atoms with Gasteiger partial charge in [0.25, 0.3) is 5.91 Å². The van der Waals surface area contributed by atoms with E-state index in [1.54, 1.807) is 19.2 Å². The van der Waals surface area contributed by atoms with Crippen LogP contribution >= 0.6 is 0 Å². The third kappa shape index (κ3) is 5.97. The summed E-state index contributed by atoms with van der Waals surface area (Å²) in [7, 11) is 1.62. The van der Waals surface area contributed by atoms with Gasteiger partial charge < -0.3 is 19.9 Å². The number of hydrogen-bond donors (Lipinski definition) is 3. The lowest BCUT2D eigenvalue weighted by atomic mass is 10.1. The van der Waals surface area contributed by atoms with Gasteiger partial charge in [-0.1, -0.05) is 13.8 Å². The van der Waals surface area contributed by atoms with Crippen LogP contribution in [0.5, 0.6) is 5.75 Å². The standard InChI is InChI=1S/C19H30FN3O2/c1-4-17(5-2)21-19(24)14-23-10-8-22(9-11-23)13-15-12-16(20)6-7-18(15)25-3/h6-7,12,17H,4-5,8-11,13-14H2,1-3H3,(H,21,24)/p+2. The number of carbonyl (C=O) groups excluding carboxylic acids is 1. The molecule has 0 unspecified atom stereocenters. The lowest BCUT2D eigenvalue weighted by Gasteiger charge is -2.30. The van der Waals surface area contributed by atoms with Gasteiger partial charge in [0.05, 0.1) is 12.7 Å². The molecule has 2 rings (SSSR count). The Bertz CT molecular complexity index is 556. The molecule has 6 heteroatoms. The molecular formula is C19H32FN3O2+2. The van der Waals surface area contributed by atoms with Crippen molar-refractivity contribution in [3.63, 3.8) is 0 Å². The molecule has 25 heavy (non-hydrogen) atoms. The SMILES string of the molecule is CCC(CC)NC(=O)C[NH+]1CC[NH+](Cc2cc(F)ccc2OC)CC1. The van der Waals surface area contributed by atoms with Crippen LogP contribution in [0.1, 0.15) is 32.3 Å². The number of quaternary nitrogens is 2. The van der Waals surface area contributed by atoms with Gasteiger partial charge in [0.2, 0.25) is 0 Å². The van der Waals surface area contributed by atoms with Crippen molar-refractivity contribution in [3.05, 3.63) is 29.6 Å². The fraction of sp³-hybridized carbons (Fsp3) is 0.632. The fourth-order valence-electron chi connectivity index (χ4n) is 3.46. The van der Waals surface area contributed by atoms with Gasteiger partial charge in [0.15, 0.2) is 6.54 Å². The van der Waals surface area contributed by atoms with Crippen LogP contribution in [-0.2, 0) is 11.3 Å². The van der Waals surface area contributed by atoms with E-state index in [4.69, 9.17) is 4.74 Å². The summed E-state index contributed by atoms with van der Waals surface area (Å²) in [5.74, 6) is 0.671. The average Bonchev–Trinajstić information content (AvgIpc) is 2.61. The van der Waals surface area contributed by atoms with E-state index >= 15 is 0 Å². The van der Waals surface area contributed by atoms with E-state index in [9.17, 15) is 9.18 Å². The first-order valence-electron chi connectivity index (χ1n) is 9.34. The van der Waals surface area contributed by atoms with Gasteiger partial charge in [-0.15, -0.1) is 0 Å². The number of piperazine rings is 1. The minimum atomic E-state index is -0.225. The number of carbonyl (C=O) groups is 1. The normalized spacial score (nSPS) is 20.5. The van der Waals surface area contributed by atoms with Crippen LogP contribution in [0, 0.1) is 5.82 Å². The number of hydrogen-bond acceptors (Lipinski definition) is 2. The van der Waals surface area contributed by atoms with Crippen LogP contribution in [0.3, 0.4) is 0 Å². The highest BCUT2D eigenvalue weighted by Crippen LogP contribution is 2.18. The molecule has 0 aromatic heterocycles. The largest absolute Gasteiger partial charge is 0.496 e. The maximum absolute atomic E-state index is 13.5. The highest BCUT2D eigenvalue weighted by Gasteiger charge is 2.26. The average molecular weight is 353 g/mol. The van der Waals surface area contributed by atoms with Gasteiger partial charge in [-0.25, -0.2) is 4.39 Å². The van der Waals surface area contributed by atoms with Crippen molar-refractivity contribution in [2.45, 2.75) is 39.3 Å². The molecule has 0 atom stereocenters. The highest BCUT2D eigenvalue weighted by molar-refractivity contribution is 5.77. The summed E-state index contributed by atoms with van der Waals surface area (Å²) >= 11 is 0. The number of benzene rings is 1. The summed E-state index contributed by atoms with van der Waals surface area (Å²) in [4.78, 5) is 14.9. The first kappa shape index (κ1) is 19.7. The zero-order valence-electron chi connectivity index (χ0n) is 15.7. The lowest BCUT2D eigenvalue weighted by molar-refractivity contribution is -1.02. The maximum atomic E-state index is 13.5. The molecule has 1 amide bonds. The topological polar surface area (TPSA) is 47.2 Å². The van der Waals surface area contributed by atoms with Gasteiger partial charge in [0, 0.05) is 6.04 Å². The molecule has 0 spiro atoms. The molecule has 1 aromatic rings. The second-order valence-electron chi connectivity index (χ2n) is 6.89. The molecule has 0 bridgehead atoms. The zero-order valence-corrected chi connectivity index (χ0v) is 15.7.